The van der Waals surface area contributed by atoms with E-state index in [1.165, 1.54) is 0 Å². The lowest BCUT2D eigenvalue weighted by Crippen LogP contribution is -2.29. The number of carbonyl (C=O) groups excluding carboxylic acids is 2. The Morgan fingerprint density at radius 2 is 1.30 bits per heavy atom. The van der Waals surface area contributed by atoms with Crippen LogP contribution in [0.1, 0.15) is 31.8 Å². The van der Waals surface area contributed by atoms with Gasteiger partial charge in [0, 0.05) is 22.7 Å². The van der Waals surface area contributed by atoms with Gasteiger partial charge in [-0.1, -0.05) is 78.3 Å². The third kappa shape index (κ3) is 3.29. The highest BCUT2D eigenvalue weighted by Gasteiger charge is 2.32. The van der Waals surface area contributed by atoms with Gasteiger partial charge in [-0.2, -0.15) is 0 Å². The molecule has 0 bridgehead atoms. The highest BCUT2D eigenvalue weighted by Crippen LogP contribution is 2.32. The Balaban J connectivity index is 1.81. The zero-order valence-electron chi connectivity index (χ0n) is 14.4. The minimum absolute atomic E-state index is 0.164. The van der Waals surface area contributed by atoms with Gasteiger partial charge in [-0.05, 0) is 23.3 Å². The maximum Gasteiger partial charge on any atom is 0.210 e. The number of halogens is 1. The van der Waals surface area contributed by atoms with Crippen LogP contribution < -0.4 is 5.32 Å². The smallest absolute Gasteiger partial charge is 0.210 e. The second kappa shape index (κ2) is 7.22. The van der Waals surface area contributed by atoms with Crippen molar-refractivity contribution in [3.8, 4) is 0 Å². The minimum Gasteiger partial charge on any atom is -0.377 e. The molecule has 0 saturated heterocycles. The molecule has 1 aliphatic carbocycles. The molecule has 0 spiro atoms. The van der Waals surface area contributed by atoms with Crippen molar-refractivity contribution >= 4 is 28.7 Å². The van der Waals surface area contributed by atoms with Gasteiger partial charge in [-0.3, -0.25) is 9.59 Å². The predicted octanol–water partition coefficient (Wildman–Crippen LogP) is 4.92. The SMILES string of the molecule is O=C1C(NCc2ccccc2)=C(c2ccc(Cl)cc2)C(=O)c2ccccc21. The molecule has 0 saturated carbocycles. The van der Waals surface area contributed by atoms with Crippen LogP contribution in [0.2, 0.25) is 5.02 Å². The lowest BCUT2D eigenvalue weighted by atomic mass is 9.84. The van der Waals surface area contributed by atoms with Crippen LogP contribution in [0, 0.1) is 0 Å². The lowest BCUT2D eigenvalue weighted by molar-refractivity contribution is 0.0985. The highest BCUT2D eigenvalue weighted by atomic mass is 35.5. The van der Waals surface area contributed by atoms with Gasteiger partial charge in [0.05, 0.1) is 11.3 Å². The maximum absolute atomic E-state index is 13.2. The lowest BCUT2D eigenvalue weighted by Gasteiger charge is -2.22. The van der Waals surface area contributed by atoms with Crippen molar-refractivity contribution in [3.05, 3.63) is 112 Å². The number of hydrogen-bond acceptors (Lipinski definition) is 3. The molecule has 0 atom stereocenters. The monoisotopic (exact) mass is 373 g/mol. The van der Waals surface area contributed by atoms with Crippen LogP contribution in [-0.2, 0) is 6.54 Å². The van der Waals surface area contributed by atoms with E-state index >= 15 is 0 Å². The molecular formula is C23H16ClNO2. The largest absolute Gasteiger partial charge is 0.377 e. The first-order valence-electron chi connectivity index (χ1n) is 8.61. The molecule has 0 aromatic heterocycles. The first kappa shape index (κ1) is 17.3. The summed E-state index contributed by atoms with van der Waals surface area (Å²) in [5, 5.41) is 3.78. The molecule has 1 N–H and O–H groups in total. The Morgan fingerprint density at radius 1 is 0.704 bits per heavy atom. The third-order valence-electron chi connectivity index (χ3n) is 4.57. The molecule has 3 aromatic rings. The molecule has 3 nitrogen and oxygen atoms in total. The van der Waals surface area contributed by atoms with Gasteiger partial charge < -0.3 is 5.32 Å². The highest BCUT2D eigenvalue weighted by molar-refractivity contribution is 6.40. The quantitative estimate of drug-likeness (QED) is 0.706. The summed E-state index contributed by atoms with van der Waals surface area (Å²) in [6.45, 7) is 0.453. The van der Waals surface area contributed by atoms with Crippen LogP contribution in [0.4, 0.5) is 0 Å². The average Bonchev–Trinajstić information content (AvgIpc) is 2.71. The van der Waals surface area contributed by atoms with Crippen molar-refractivity contribution in [1.29, 1.82) is 0 Å². The van der Waals surface area contributed by atoms with Crippen LogP contribution in [0.3, 0.4) is 0 Å². The van der Waals surface area contributed by atoms with E-state index in [1.807, 2.05) is 30.3 Å². The molecule has 0 heterocycles. The van der Waals surface area contributed by atoms with Crippen LogP contribution in [0.15, 0.2) is 84.6 Å². The zero-order valence-corrected chi connectivity index (χ0v) is 15.2. The Labute approximate surface area is 162 Å². The second-order valence-corrected chi connectivity index (χ2v) is 6.74. The molecule has 1 aliphatic rings. The maximum atomic E-state index is 13.2. The summed E-state index contributed by atoms with van der Waals surface area (Å²) in [6.07, 6.45) is 0. The van der Waals surface area contributed by atoms with Crippen LogP contribution in [0.25, 0.3) is 5.57 Å². The van der Waals surface area contributed by atoms with Crippen LogP contribution in [-0.4, -0.2) is 11.6 Å². The number of benzene rings is 3. The van der Waals surface area contributed by atoms with Gasteiger partial charge >= 0.3 is 0 Å². The van der Waals surface area contributed by atoms with Crippen molar-refractivity contribution < 1.29 is 9.59 Å². The Hall–Kier alpha value is -3.17. The fourth-order valence-corrected chi connectivity index (χ4v) is 3.35. The summed E-state index contributed by atoms with van der Waals surface area (Å²) >= 11 is 5.99. The summed E-state index contributed by atoms with van der Waals surface area (Å²) in [7, 11) is 0. The van der Waals surface area contributed by atoms with E-state index in [-0.39, 0.29) is 11.6 Å². The second-order valence-electron chi connectivity index (χ2n) is 6.30. The van der Waals surface area contributed by atoms with Gasteiger partial charge in [0.15, 0.2) is 5.78 Å². The van der Waals surface area contributed by atoms with Gasteiger partial charge in [0.2, 0.25) is 5.78 Å². The van der Waals surface area contributed by atoms with E-state index in [4.69, 9.17) is 11.6 Å². The Bertz CT molecular complexity index is 1050. The van der Waals surface area contributed by atoms with Crippen molar-refractivity contribution in [3.63, 3.8) is 0 Å². The normalized spacial score (nSPS) is 13.5. The molecule has 0 fully saturated rings. The average molecular weight is 374 g/mol. The number of hydrogen-bond donors (Lipinski definition) is 1. The first-order valence-corrected chi connectivity index (χ1v) is 8.99. The standard InChI is InChI=1S/C23H16ClNO2/c24-17-12-10-16(11-13-17)20-21(25-14-15-6-2-1-3-7-15)23(27)19-9-5-4-8-18(19)22(20)26/h1-13,25H,14H2. The molecule has 0 amide bonds. The van der Waals surface area contributed by atoms with E-state index in [9.17, 15) is 9.59 Å². The van der Waals surface area contributed by atoms with Crippen molar-refractivity contribution in [1.82, 2.24) is 5.32 Å². The number of carbonyl (C=O) groups is 2. The van der Waals surface area contributed by atoms with Gasteiger partial charge in [0.1, 0.15) is 0 Å². The fourth-order valence-electron chi connectivity index (χ4n) is 3.22. The van der Waals surface area contributed by atoms with E-state index < -0.39 is 0 Å². The number of rotatable bonds is 4. The Morgan fingerprint density at radius 3 is 1.96 bits per heavy atom. The van der Waals surface area contributed by atoms with Crippen LogP contribution in [0.5, 0.6) is 0 Å². The molecule has 3 aromatic carbocycles. The summed E-state index contributed by atoms with van der Waals surface area (Å²) in [5.41, 5.74) is 3.26. The fraction of sp³-hybridized carbons (Fsp3) is 0.0435. The number of nitrogens with one attached hydrogen (secondary N) is 1. The molecular weight excluding hydrogens is 358 g/mol. The summed E-state index contributed by atoms with van der Waals surface area (Å²) in [4.78, 5) is 26.3. The van der Waals surface area contributed by atoms with Crippen molar-refractivity contribution in [2.45, 2.75) is 6.54 Å². The van der Waals surface area contributed by atoms with E-state index in [2.05, 4.69) is 5.32 Å². The number of Topliss-reactive ketones (excluding diaryl/α,β-unsaturated/α-hetero) is 2. The van der Waals surface area contributed by atoms with Gasteiger partial charge in [-0.15, -0.1) is 0 Å². The molecule has 0 unspecified atom stereocenters. The number of allylic oxidation sites excluding steroid dienone is 2. The number of ketones is 2. The van der Waals surface area contributed by atoms with Crippen molar-refractivity contribution in [2.24, 2.45) is 0 Å². The minimum atomic E-state index is -0.175. The predicted molar refractivity (Wildman–Crippen MR) is 107 cm³/mol. The van der Waals surface area contributed by atoms with E-state index in [1.54, 1.807) is 48.5 Å². The molecule has 132 valence electrons. The first-order chi connectivity index (χ1) is 13.1. The van der Waals surface area contributed by atoms with Gasteiger partial charge in [0.25, 0.3) is 0 Å². The van der Waals surface area contributed by atoms with E-state index in [0.717, 1.165) is 5.56 Å². The zero-order chi connectivity index (χ0) is 18.8. The summed E-state index contributed by atoms with van der Waals surface area (Å²) < 4.78 is 0. The van der Waals surface area contributed by atoms with Crippen LogP contribution >= 0.6 is 11.6 Å². The van der Waals surface area contributed by atoms with Crippen molar-refractivity contribution in [2.75, 3.05) is 0 Å². The molecule has 0 aliphatic heterocycles. The molecule has 4 rings (SSSR count). The van der Waals surface area contributed by atoms with Gasteiger partial charge in [-0.25, -0.2) is 0 Å². The van der Waals surface area contributed by atoms with E-state index in [0.29, 0.717) is 39.5 Å². The topological polar surface area (TPSA) is 46.2 Å². The summed E-state index contributed by atoms with van der Waals surface area (Å²) in [5.74, 6) is -0.339. The Kier molecular flexibility index (Phi) is 4.61. The molecule has 27 heavy (non-hydrogen) atoms. The molecule has 0 radical (unpaired) electrons. The summed E-state index contributed by atoms with van der Waals surface area (Å²) in [6, 6.07) is 23.7. The third-order valence-corrected chi connectivity index (χ3v) is 4.82. The molecule has 4 heteroatoms. The number of fused-ring (bicyclic) bond motifs is 1.